The van der Waals surface area contributed by atoms with Gasteiger partial charge in [-0.05, 0) is 19.1 Å². The van der Waals surface area contributed by atoms with Gasteiger partial charge in [0.05, 0.1) is 6.04 Å². The van der Waals surface area contributed by atoms with Crippen LogP contribution in [0.3, 0.4) is 0 Å². The standard InChI is InChI=1S/C11H12FNO/c1-7-2-4-8(5-3-7)11(14)13-10-6-9(10)12/h2-5,9-10H,6H2,1H3,(H,13,14)/t9-,10+/m1/s1. The third kappa shape index (κ3) is 1.92. The molecule has 1 aromatic carbocycles. The van der Waals surface area contributed by atoms with E-state index in [9.17, 15) is 9.18 Å². The van der Waals surface area contributed by atoms with Crippen molar-refractivity contribution in [1.29, 1.82) is 0 Å². The lowest BCUT2D eigenvalue weighted by molar-refractivity contribution is 0.0947. The molecule has 0 aromatic heterocycles. The Hall–Kier alpha value is -1.38. The molecular formula is C11H12FNO. The van der Waals surface area contributed by atoms with Crippen molar-refractivity contribution in [3.05, 3.63) is 35.4 Å². The molecule has 3 heteroatoms. The van der Waals surface area contributed by atoms with E-state index < -0.39 is 6.17 Å². The van der Waals surface area contributed by atoms with E-state index in [1.54, 1.807) is 12.1 Å². The lowest BCUT2D eigenvalue weighted by Crippen LogP contribution is -2.26. The number of amides is 1. The normalized spacial score (nSPS) is 24.4. The van der Waals surface area contributed by atoms with Crippen molar-refractivity contribution in [2.75, 3.05) is 0 Å². The maximum Gasteiger partial charge on any atom is 0.251 e. The second-order valence-corrected chi connectivity index (χ2v) is 3.70. The Labute approximate surface area is 82.1 Å². The van der Waals surface area contributed by atoms with Crippen LogP contribution in [0.2, 0.25) is 0 Å². The first-order chi connectivity index (χ1) is 6.66. The number of rotatable bonds is 2. The summed E-state index contributed by atoms with van der Waals surface area (Å²) in [4.78, 5) is 11.5. The van der Waals surface area contributed by atoms with Gasteiger partial charge in [-0.3, -0.25) is 4.79 Å². The van der Waals surface area contributed by atoms with Gasteiger partial charge in [0.25, 0.3) is 5.91 Å². The summed E-state index contributed by atoms with van der Waals surface area (Å²) in [5, 5.41) is 2.63. The highest BCUT2D eigenvalue weighted by Crippen LogP contribution is 2.25. The van der Waals surface area contributed by atoms with Crippen molar-refractivity contribution in [3.63, 3.8) is 0 Å². The van der Waals surface area contributed by atoms with Crippen LogP contribution >= 0.6 is 0 Å². The lowest BCUT2D eigenvalue weighted by atomic mass is 10.1. The van der Waals surface area contributed by atoms with Crippen LogP contribution in [0.5, 0.6) is 0 Å². The minimum Gasteiger partial charge on any atom is -0.346 e. The van der Waals surface area contributed by atoms with Crippen molar-refractivity contribution >= 4 is 5.91 Å². The SMILES string of the molecule is Cc1ccc(C(=O)N[C@H]2C[C@H]2F)cc1. The van der Waals surface area contributed by atoms with E-state index in [-0.39, 0.29) is 11.9 Å². The monoisotopic (exact) mass is 193 g/mol. The molecule has 2 nitrogen and oxygen atoms in total. The highest BCUT2D eigenvalue weighted by atomic mass is 19.1. The first-order valence-corrected chi connectivity index (χ1v) is 4.68. The fourth-order valence-corrected chi connectivity index (χ4v) is 1.27. The summed E-state index contributed by atoms with van der Waals surface area (Å²) in [5.74, 6) is -0.185. The van der Waals surface area contributed by atoms with Crippen LogP contribution in [-0.4, -0.2) is 18.1 Å². The Balaban J connectivity index is 2.00. The van der Waals surface area contributed by atoms with Gasteiger partial charge >= 0.3 is 0 Å². The summed E-state index contributed by atoms with van der Waals surface area (Å²) in [6.07, 6.45) is -0.387. The summed E-state index contributed by atoms with van der Waals surface area (Å²) in [6.45, 7) is 1.96. The molecule has 1 aliphatic carbocycles. The molecule has 0 saturated heterocycles. The van der Waals surface area contributed by atoms with Crippen LogP contribution in [0.15, 0.2) is 24.3 Å². The number of halogens is 1. The zero-order valence-corrected chi connectivity index (χ0v) is 7.96. The third-order valence-corrected chi connectivity index (χ3v) is 2.34. The molecule has 0 heterocycles. The first-order valence-electron chi connectivity index (χ1n) is 4.68. The second kappa shape index (κ2) is 3.40. The van der Waals surface area contributed by atoms with E-state index in [4.69, 9.17) is 0 Å². The molecule has 1 amide bonds. The van der Waals surface area contributed by atoms with Gasteiger partial charge in [0.2, 0.25) is 0 Å². The van der Waals surface area contributed by atoms with Gasteiger partial charge in [-0.2, -0.15) is 0 Å². The van der Waals surface area contributed by atoms with E-state index in [0.717, 1.165) is 5.56 Å². The van der Waals surface area contributed by atoms with Crippen LogP contribution in [0, 0.1) is 6.92 Å². The first kappa shape index (κ1) is 9.19. The summed E-state index contributed by atoms with van der Waals surface area (Å²) in [5.41, 5.74) is 1.70. The smallest absolute Gasteiger partial charge is 0.251 e. The Morgan fingerprint density at radius 2 is 2.00 bits per heavy atom. The quantitative estimate of drug-likeness (QED) is 0.762. The van der Waals surface area contributed by atoms with Crippen LogP contribution in [0.1, 0.15) is 22.3 Å². The molecule has 74 valence electrons. The van der Waals surface area contributed by atoms with Gasteiger partial charge in [0.1, 0.15) is 6.17 Å². The highest BCUT2D eigenvalue weighted by molar-refractivity contribution is 5.94. The van der Waals surface area contributed by atoms with Crippen LogP contribution in [-0.2, 0) is 0 Å². The Kier molecular flexibility index (Phi) is 2.23. The van der Waals surface area contributed by atoms with Gasteiger partial charge in [0, 0.05) is 12.0 Å². The summed E-state index contributed by atoms with van der Waals surface area (Å²) >= 11 is 0. The van der Waals surface area contributed by atoms with Crippen molar-refractivity contribution in [1.82, 2.24) is 5.32 Å². The average molecular weight is 193 g/mol. The van der Waals surface area contributed by atoms with Gasteiger partial charge in [-0.25, -0.2) is 4.39 Å². The fraction of sp³-hybridized carbons (Fsp3) is 0.364. The molecule has 0 radical (unpaired) electrons. The molecule has 0 bridgehead atoms. The van der Waals surface area contributed by atoms with E-state index in [1.165, 1.54) is 0 Å². The number of hydrogen-bond donors (Lipinski definition) is 1. The maximum atomic E-state index is 12.5. The van der Waals surface area contributed by atoms with Gasteiger partial charge in [-0.1, -0.05) is 17.7 Å². The number of aryl methyl sites for hydroxylation is 1. The molecule has 0 aliphatic heterocycles. The molecule has 1 aliphatic rings. The number of nitrogens with one attached hydrogen (secondary N) is 1. The number of benzene rings is 1. The van der Waals surface area contributed by atoms with Gasteiger partial charge < -0.3 is 5.32 Å². The predicted molar refractivity (Wildman–Crippen MR) is 51.9 cm³/mol. The molecule has 1 saturated carbocycles. The van der Waals surface area contributed by atoms with E-state index in [1.807, 2.05) is 19.1 Å². The molecule has 1 N–H and O–H groups in total. The Bertz CT molecular complexity index is 347. The zero-order valence-electron chi connectivity index (χ0n) is 7.96. The molecule has 1 fully saturated rings. The number of carbonyl (C=O) groups excluding carboxylic acids is 1. The molecule has 2 rings (SSSR count). The molecule has 1 aromatic rings. The number of carbonyl (C=O) groups is 1. The second-order valence-electron chi connectivity index (χ2n) is 3.70. The largest absolute Gasteiger partial charge is 0.346 e. The van der Waals surface area contributed by atoms with E-state index in [0.29, 0.717) is 12.0 Å². The minimum absolute atomic E-state index is 0.185. The van der Waals surface area contributed by atoms with E-state index >= 15 is 0 Å². The summed E-state index contributed by atoms with van der Waals surface area (Å²) in [7, 11) is 0. The minimum atomic E-state index is -0.843. The fourth-order valence-electron chi connectivity index (χ4n) is 1.27. The van der Waals surface area contributed by atoms with Crippen molar-refractivity contribution in [2.45, 2.75) is 25.6 Å². The maximum absolute atomic E-state index is 12.5. The Morgan fingerprint density at radius 3 is 2.50 bits per heavy atom. The zero-order chi connectivity index (χ0) is 10.1. The molecular weight excluding hydrogens is 181 g/mol. The lowest BCUT2D eigenvalue weighted by Gasteiger charge is -2.02. The van der Waals surface area contributed by atoms with Crippen molar-refractivity contribution in [3.8, 4) is 0 Å². The molecule has 2 atom stereocenters. The van der Waals surface area contributed by atoms with Crippen LogP contribution < -0.4 is 5.32 Å². The summed E-state index contributed by atoms with van der Waals surface area (Å²) in [6, 6.07) is 6.98. The van der Waals surface area contributed by atoms with Crippen LogP contribution in [0.4, 0.5) is 4.39 Å². The Morgan fingerprint density at radius 1 is 1.43 bits per heavy atom. The third-order valence-electron chi connectivity index (χ3n) is 2.34. The molecule has 0 spiro atoms. The number of alkyl halides is 1. The number of hydrogen-bond acceptors (Lipinski definition) is 1. The average Bonchev–Trinajstić information content (AvgIpc) is 2.82. The van der Waals surface area contributed by atoms with Crippen LogP contribution in [0.25, 0.3) is 0 Å². The molecule has 0 unspecified atom stereocenters. The van der Waals surface area contributed by atoms with Gasteiger partial charge in [0.15, 0.2) is 0 Å². The van der Waals surface area contributed by atoms with Crippen molar-refractivity contribution in [2.24, 2.45) is 0 Å². The summed E-state index contributed by atoms with van der Waals surface area (Å²) < 4.78 is 12.5. The van der Waals surface area contributed by atoms with Gasteiger partial charge in [-0.15, -0.1) is 0 Å². The topological polar surface area (TPSA) is 29.1 Å². The van der Waals surface area contributed by atoms with Crippen molar-refractivity contribution < 1.29 is 9.18 Å². The van der Waals surface area contributed by atoms with E-state index in [2.05, 4.69) is 5.32 Å². The molecule has 14 heavy (non-hydrogen) atoms. The highest BCUT2D eigenvalue weighted by Gasteiger charge is 2.38. The predicted octanol–water partition coefficient (Wildman–Crippen LogP) is 1.84.